The summed E-state index contributed by atoms with van der Waals surface area (Å²) in [6, 6.07) is 0. The van der Waals surface area contributed by atoms with Crippen LogP contribution in [0.4, 0.5) is 0 Å². The Labute approximate surface area is 53.2 Å². The molecular formula is C5H10O2S. The van der Waals surface area contributed by atoms with Crippen molar-refractivity contribution in [2.75, 3.05) is 25.2 Å². The van der Waals surface area contributed by atoms with Crippen molar-refractivity contribution in [2.24, 2.45) is 0 Å². The van der Waals surface area contributed by atoms with E-state index in [-0.39, 0.29) is 12.2 Å². The van der Waals surface area contributed by atoms with E-state index in [0.29, 0.717) is 0 Å². The minimum atomic E-state index is -0.176. The molecule has 0 amide bonds. The van der Waals surface area contributed by atoms with E-state index >= 15 is 0 Å². The molecule has 0 spiro atoms. The van der Waals surface area contributed by atoms with Crippen LogP contribution in [0.5, 0.6) is 0 Å². The molecular weight excluding hydrogens is 124 g/mol. The van der Waals surface area contributed by atoms with E-state index in [9.17, 15) is 0 Å². The summed E-state index contributed by atoms with van der Waals surface area (Å²) in [6.07, 6.45) is 0. The summed E-state index contributed by atoms with van der Waals surface area (Å²) in [7, 11) is 1.65. The molecule has 0 unspecified atom stereocenters. The number of methoxy groups -OCH3 is 1. The second kappa shape index (κ2) is 2.25. The highest BCUT2D eigenvalue weighted by atomic mass is 32.2. The molecule has 8 heavy (non-hydrogen) atoms. The Hall–Kier alpha value is 0.270. The molecule has 1 aliphatic heterocycles. The van der Waals surface area contributed by atoms with Crippen molar-refractivity contribution in [3.8, 4) is 0 Å². The zero-order valence-electron chi connectivity index (χ0n) is 4.89. The smallest absolute Gasteiger partial charge is 0.109 e. The van der Waals surface area contributed by atoms with Crippen molar-refractivity contribution >= 4 is 11.8 Å². The van der Waals surface area contributed by atoms with Crippen LogP contribution in [0.15, 0.2) is 0 Å². The molecule has 1 heterocycles. The fraction of sp³-hybridized carbons (Fsp3) is 1.00. The van der Waals surface area contributed by atoms with Crippen molar-refractivity contribution < 1.29 is 9.84 Å². The summed E-state index contributed by atoms with van der Waals surface area (Å²) in [5.74, 6) is 1.89. The first-order valence-corrected chi connectivity index (χ1v) is 3.72. The molecule has 0 aromatic rings. The van der Waals surface area contributed by atoms with Crippen LogP contribution in [0.2, 0.25) is 0 Å². The third kappa shape index (κ3) is 0.855. The molecule has 0 aromatic heterocycles. The van der Waals surface area contributed by atoms with E-state index in [1.165, 1.54) is 0 Å². The lowest BCUT2D eigenvalue weighted by molar-refractivity contribution is -0.0235. The quantitative estimate of drug-likeness (QED) is 0.581. The molecule has 0 aromatic carbocycles. The predicted molar refractivity (Wildman–Crippen MR) is 34.2 cm³/mol. The number of aliphatic hydroxyl groups excluding tert-OH is 1. The predicted octanol–water partition coefficient (Wildman–Crippen LogP) is 0.111. The Bertz CT molecular complexity index is 67.0. The van der Waals surface area contributed by atoms with Crippen LogP contribution in [-0.2, 0) is 4.74 Å². The molecule has 0 aliphatic carbocycles. The van der Waals surface area contributed by atoms with Gasteiger partial charge in [-0.1, -0.05) is 0 Å². The van der Waals surface area contributed by atoms with Gasteiger partial charge in [0.05, 0.1) is 6.61 Å². The molecule has 0 saturated carbocycles. The molecule has 48 valence electrons. The highest BCUT2D eigenvalue weighted by molar-refractivity contribution is 8.00. The lowest BCUT2D eigenvalue weighted by atomic mass is 10.1. The van der Waals surface area contributed by atoms with Crippen molar-refractivity contribution in [3.63, 3.8) is 0 Å². The molecule has 1 N–H and O–H groups in total. The largest absolute Gasteiger partial charge is 0.393 e. The number of hydrogen-bond donors (Lipinski definition) is 1. The van der Waals surface area contributed by atoms with Crippen molar-refractivity contribution in [1.82, 2.24) is 0 Å². The molecule has 0 bridgehead atoms. The number of rotatable bonds is 2. The SMILES string of the molecule is COC1(CO)CSC1. The average molecular weight is 134 g/mol. The summed E-state index contributed by atoms with van der Waals surface area (Å²) < 4.78 is 5.05. The van der Waals surface area contributed by atoms with Gasteiger partial charge in [0.2, 0.25) is 0 Å². The van der Waals surface area contributed by atoms with Gasteiger partial charge in [0.25, 0.3) is 0 Å². The third-order valence-electron chi connectivity index (χ3n) is 1.45. The van der Waals surface area contributed by atoms with Gasteiger partial charge in [-0.2, -0.15) is 11.8 Å². The second-order valence-corrected chi connectivity index (χ2v) is 3.02. The summed E-state index contributed by atoms with van der Waals surface area (Å²) in [5, 5.41) is 8.70. The Morgan fingerprint density at radius 1 is 1.75 bits per heavy atom. The van der Waals surface area contributed by atoms with Gasteiger partial charge in [0, 0.05) is 18.6 Å². The molecule has 1 saturated heterocycles. The molecule has 0 atom stereocenters. The molecule has 1 fully saturated rings. The van der Waals surface area contributed by atoms with E-state index in [4.69, 9.17) is 9.84 Å². The van der Waals surface area contributed by atoms with E-state index in [2.05, 4.69) is 0 Å². The molecule has 0 radical (unpaired) electrons. The van der Waals surface area contributed by atoms with Gasteiger partial charge >= 0.3 is 0 Å². The average Bonchev–Trinajstić information content (AvgIpc) is 1.67. The molecule has 2 nitrogen and oxygen atoms in total. The third-order valence-corrected chi connectivity index (χ3v) is 2.91. The summed E-state index contributed by atoms with van der Waals surface area (Å²) in [4.78, 5) is 0. The van der Waals surface area contributed by atoms with Crippen LogP contribution < -0.4 is 0 Å². The highest BCUT2D eigenvalue weighted by Gasteiger charge is 2.36. The van der Waals surface area contributed by atoms with Crippen molar-refractivity contribution in [1.29, 1.82) is 0 Å². The Morgan fingerprint density at radius 2 is 2.38 bits per heavy atom. The number of aliphatic hydroxyl groups is 1. The fourth-order valence-electron chi connectivity index (χ4n) is 0.603. The van der Waals surface area contributed by atoms with Crippen molar-refractivity contribution in [3.05, 3.63) is 0 Å². The van der Waals surface area contributed by atoms with E-state index in [0.717, 1.165) is 11.5 Å². The van der Waals surface area contributed by atoms with Gasteiger partial charge in [-0.15, -0.1) is 0 Å². The van der Waals surface area contributed by atoms with Crippen LogP contribution in [0.25, 0.3) is 0 Å². The van der Waals surface area contributed by atoms with Crippen molar-refractivity contribution in [2.45, 2.75) is 5.60 Å². The van der Waals surface area contributed by atoms with Crippen LogP contribution in [0.3, 0.4) is 0 Å². The zero-order valence-corrected chi connectivity index (χ0v) is 5.70. The van der Waals surface area contributed by atoms with Gasteiger partial charge < -0.3 is 9.84 Å². The summed E-state index contributed by atoms with van der Waals surface area (Å²) in [6.45, 7) is 0.163. The number of hydrogen-bond acceptors (Lipinski definition) is 3. The van der Waals surface area contributed by atoms with Gasteiger partial charge in [-0.3, -0.25) is 0 Å². The molecule has 1 aliphatic rings. The standard InChI is InChI=1S/C5H10O2S/c1-7-5(2-6)3-8-4-5/h6H,2-4H2,1H3. The van der Waals surface area contributed by atoms with Gasteiger partial charge in [0.1, 0.15) is 5.60 Å². The van der Waals surface area contributed by atoms with Crippen LogP contribution >= 0.6 is 11.8 Å². The number of ether oxygens (including phenoxy) is 1. The number of thioether (sulfide) groups is 1. The Kier molecular flexibility index (Phi) is 1.80. The lowest BCUT2D eigenvalue weighted by Gasteiger charge is -2.37. The maximum absolute atomic E-state index is 8.70. The van der Waals surface area contributed by atoms with E-state index in [1.807, 2.05) is 11.8 Å². The maximum atomic E-state index is 8.70. The Balaban J connectivity index is 2.33. The minimum Gasteiger partial charge on any atom is -0.393 e. The first-order chi connectivity index (χ1) is 3.83. The minimum absolute atomic E-state index is 0.163. The molecule has 3 heteroatoms. The van der Waals surface area contributed by atoms with Crippen LogP contribution in [0, 0.1) is 0 Å². The highest BCUT2D eigenvalue weighted by Crippen LogP contribution is 2.31. The lowest BCUT2D eigenvalue weighted by Crippen LogP contribution is -2.48. The Morgan fingerprint density at radius 3 is 2.38 bits per heavy atom. The van der Waals surface area contributed by atoms with E-state index < -0.39 is 0 Å². The fourth-order valence-corrected chi connectivity index (χ4v) is 1.68. The first kappa shape index (κ1) is 6.39. The normalized spacial score (nSPS) is 24.8. The zero-order chi connectivity index (χ0) is 6.04. The van der Waals surface area contributed by atoms with E-state index in [1.54, 1.807) is 7.11 Å². The van der Waals surface area contributed by atoms with Gasteiger partial charge in [0.15, 0.2) is 0 Å². The van der Waals surface area contributed by atoms with Gasteiger partial charge in [-0.05, 0) is 0 Å². The van der Waals surface area contributed by atoms with Crippen LogP contribution in [0.1, 0.15) is 0 Å². The first-order valence-electron chi connectivity index (χ1n) is 2.57. The second-order valence-electron chi connectivity index (χ2n) is 2.04. The molecule has 1 rings (SSSR count). The summed E-state index contributed by atoms with van der Waals surface area (Å²) in [5.41, 5.74) is -0.176. The van der Waals surface area contributed by atoms with Gasteiger partial charge in [-0.25, -0.2) is 0 Å². The van der Waals surface area contributed by atoms with Crippen LogP contribution in [-0.4, -0.2) is 35.9 Å². The monoisotopic (exact) mass is 134 g/mol. The topological polar surface area (TPSA) is 29.5 Å². The summed E-state index contributed by atoms with van der Waals surface area (Å²) >= 11 is 1.81. The maximum Gasteiger partial charge on any atom is 0.109 e.